The number of hydrogen-bond acceptors (Lipinski definition) is 6. The third-order valence-corrected chi connectivity index (χ3v) is 2.70. The summed E-state index contributed by atoms with van der Waals surface area (Å²) in [4.78, 5) is 11.9. The second-order valence-corrected chi connectivity index (χ2v) is 3.92. The van der Waals surface area contributed by atoms with Crippen molar-refractivity contribution >= 4 is 22.6 Å². The fourth-order valence-corrected chi connectivity index (χ4v) is 1.85. The predicted molar refractivity (Wildman–Crippen MR) is 72.2 cm³/mol. The lowest BCUT2D eigenvalue weighted by Gasteiger charge is -2.10. The van der Waals surface area contributed by atoms with E-state index < -0.39 is 5.97 Å². The van der Waals surface area contributed by atoms with Crippen LogP contribution in [0.5, 0.6) is 0 Å². The van der Waals surface area contributed by atoms with E-state index in [1.807, 2.05) is 0 Å². The Hall–Kier alpha value is -2.70. The van der Waals surface area contributed by atoms with Crippen LogP contribution in [0.2, 0.25) is 0 Å². The molecule has 0 aliphatic heterocycles. The van der Waals surface area contributed by atoms with Crippen molar-refractivity contribution in [2.45, 2.75) is 6.92 Å². The average Bonchev–Trinajstić information content (AvgIpc) is 2.39. The van der Waals surface area contributed by atoms with Crippen LogP contribution in [0.25, 0.3) is 10.9 Å². The number of benzene rings is 1. The Morgan fingerprint density at radius 3 is 2.79 bits per heavy atom. The number of nitrogens with zero attached hydrogens (tertiary/aromatic N) is 2. The first kappa shape index (κ1) is 12.7. The van der Waals surface area contributed by atoms with Crippen LogP contribution >= 0.6 is 0 Å². The second kappa shape index (κ2) is 4.89. The number of pyridine rings is 1. The van der Waals surface area contributed by atoms with E-state index in [1.54, 1.807) is 31.2 Å². The summed E-state index contributed by atoms with van der Waals surface area (Å²) in [5.41, 5.74) is 7.23. The maximum atomic E-state index is 11.9. The van der Waals surface area contributed by atoms with Gasteiger partial charge in [0.25, 0.3) is 0 Å². The molecule has 1 aromatic carbocycles. The Morgan fingerprint density at radius 2 is 2.16 bits per heavy atom. The molecular weight excluding hydrogens is 246 g/mol. The van der Waals surface area contributed by atoms with Crippen LogP contribution in [-0.2, 0) is 4.74 Å². The van der Waals surface area contributed by atoms with Gasteiger partial charge in [-0.1, -0.05) is 6.07 Å². The minimum atomic E-state index is -0.523. The van der Waals surface area contributed by atoms with Crippen LogP contribution in [0.4, 0.5) is 5.69 Å². The van der Waals surface area contributed by atoms with Crippen LogP contribution in [0.1, 0.15) is 17.3 Å². The molecule has 1 aromatic heterocycles. The lowest BCUT2D eigenvalue weighted by molar-refractivity contribution is 0.0523. The molecule has 7 heteroatoms. The van der Waals surface area contributed by atoms with Crippen molar-refractivity contribution in [2.75, 3.05) is 18.2 Å². The number of carbonyl (C=O) groups is 1. The highest BCUT2D eigenvalue weighted by Crippen LogP contribution is 2.16. The molecule has 0 atom stereocenters. The summed E-state index contributed by atoms with van der Waals surface area (Å²) in [5.74, 6) is 10.7. The van der Waals surface area contributed by atoms with Crippen LogP contribution in [0.15, 0.2) is 29.4 Å². The molecule has 0 saturated heterocycles. The Labute approximate surface area is 109 Å². The highest BCUT2D eigenvalue weighted by Gasteiger charge is 2.14. The molecule has 0 amide bonds. The fourth-order valence-electron chi connectivity index (χ4n) is 1.85. The zero-order valence-corrected chi connectivity index (χ0v) is 10.5. The molecule has 0 bridgehead atoms. The number of hydrogen-bond donors (Lipinski definition) is 3. The lowest BCUT2D eigenvalue weighted by atomic mass is 10.1. The maximum absolute atomic E-state index is 11.9. The van der Waals surface area contributed by atoms with Crippen LogP contribution in [0, 0.1) is 0 Å². The summed E-state index contributed by atoms with van der Waals surface area (Å²) in [5, 5.41) is 4.29. The van der Waals surface area contributed by atoms with Crippen LogP contribution < -0.4 is 22.9 Å². The predicted octanol–water partition coefficient (Wildman–Crippen LogP) is -0.112. The van der Waals surface area contributed by atoms with Gasteiger partial charge in [-0.05, 0) is 25.1 Å². The van der Waals surface area contributed by atoms with E-state index in [-0.39, 0.29) is 17.7 Å². The van der Waals surface area contributed by atoms with E-state index >= 15 is 0 Å². The van der Waals surface area contributed by atoms with Gasteiger partial charge in [-0.2, -0.15) is 5.10 Å². The number of anilines is 1. The molecule has 0 aliphatic carbocycles. The molecule has 0 aliphatic rings. The van der Waals surface area contributed by atoms with E-state index in [1.165, 1.54) is 4.68 Å². The van der Waals surface area contributed by atoms with Gasteiger partial charge in [-0.25, -0.2) is 9.47 Å². The van der Waals surface area contributed by atoms with Crippen molar-refractivity contribution in [1.82, 2.24) is 4.68 Å². The van der Waals surface area contributed by atoms with Gasteiger partial charge in [0.1, 0.15) is 5.56 Å². The van der Waals surface area contributed by atoms with E-state index in [0.29, 0.717) is 11.2 Å². The summed E-state index contributed by atoms with van der Waals surface area (Å²) in [6, 6.07) is 6.79. The van der Waals surface area contributed by atoms with Gasteiger partial charge in [0.2, 0.25) is 0 Å². The summed E-state index contributed by atoms with van der Waals surface area (Å²) < 4.78 is 6.17. The molecule has 7 nitrogen and oxygen atoms in total. The minimum absolute atomic E-state index is 0.136. The van der Waals surface area contributed by atoms with Crippen molar-refractivity contribution in [1.29, 1.82) is 0 Å². The van der Waals surface area contributed by atoms with Gasteiger partial charge in [0.15, 0.2) is 5.49 Å². The minimum Gasteiger partial charge on any atom is -0.462 e. The van der Waals surface area contributed by atoms with Gasteiger partial charge >= 0.3 is 5.97 Å². The van der Waals surface area contributed by atoms with Crippen molar-refractivity contribution in [3.05, 3.63) is 35.3 Å². The second-order valence-electron chi connectivity index (χ2n) is 3.92. The zero-order valence-electron chi connectivity index (χ0n) is 10.5. The largest absolute Gasteiger partial charge is 0.462 e. The third-order valence-electron chi connectivity index (χ3n) is 2.70. The lowest BCUT2D eigenvalue weighted by Crippen LogP contribution is -2.34. The quantitative estimate of drug-likeness (QED) is 0.301. The molecular formula is C12H15N5O2. The SMILES string of the molecule is CCOC(=O)c1cc2ccc(N)cc2n(N)/c1=N\N. The standard InChI is InChI=1S/C12H15N5O2/c1-2-19-12(18)9-5-7-3-4-8(13)6-10(7)17(15)11(9)16-14/h3-6H,2,13-15H2,1H3/b16-11-. The van der Waals surface area contributed by atoms with Gasteiger partial charge < -0.3 is 22.2 Å². The molecule has 0 saturated carbocycles. The van der Waals surface area contributed by atoms with Crippen LogP contribution in [-0.4, -0.2) is 17.3 Å². The van der Waals surface area contributed by atoms with Gasteiger partial charge in [-0.3, -0.25) is 0 Å². The summed E-state index contributed by atoms with van der Waals surface area (Å²) in [6.45, 7) is 1.97. The molecule has 1 heterocycles. The first-order valence-corrected chi connectivity index (χ1v) is 5.70. The molecule has 2 rings (SSSR count). The monoisotopic (exact) mass is 261 g/mol. The zero-order chi connectivity index (χ0) is 14.0. The van der Waals surface area contributed by atoms with E-state index in [9.17, 15) is 4.79 Å². The van der Waals surface area contributed by atoms with Crippen molar-refractivity contribution in [2.24, 2.45) is 10.9 Å². The fraction of sp³-hybridized carbons (Fsp3) is 0.167. The number of nitrogen functional groups attached to an aromatic ring is 2. The third kappa shape index (κ3) is 2.17. The first-order chi connectivity index (χ1) is 9.08. The average molecular weight is 261 g/mol. The van der Waals surface area contributed by atoms with E-state index in [2.05, 4.69) is 5.10 Å². The molecule has 0 spiro atoms. The first-order valence-electron chi connectivity index (χ1n) is 5.70. The molecule has 6 N–H and O–H groups in total. The number of esters is 1. The van der Waals surface area contributed by atoms with Gasteiger partial charge in [-0.15, -0.1) is 0 Å². The number of nitrogens with two attached hydrogens (primary N) is 3. The van der Waals surface area contributed by atoms with Crippen molar-refractivity contribution < 1.29 is 9.53 Å². The van der Waals surface area contributed by atoms with E-state index in [4.69, 9.17) is 22.2 Å². The van der Waals surface area contributed by atoms with Gasteiger partial charge in [0, 0.05) is 11.1 Å². The molecule has 0 unspecified atom stereocenters. The van der Waals surface area contributed by atoms with Gasteiger partial charge in [0.05, 0.1) is 12.1 Å². The summed E-state index contributed by atoms with van der Waals surface area (Å²) >= 11 is 0. The van der Waals surface area contributed by atoms with Crippen molar-refractivity contribution in [3.8, 4) is 0 Å². The topological polar surface area (TPSA) is 122 Å². The summed E-state index contributed by atoms with van der Waals surface area (Å²) in [6.07, 6.45) is 0. The normalized spacial score (nSPS) is 11.7. The molecule has 0 radical (unpaired) electrons. The maximum Gasteiger partial charge on any atom is 0.342 e. The number of ether oxygens (including phenoxy) is 1. The molecule has 19 heavy (non-hydrogen) atoms. The molecule has 0 fully saturated rings. The van der Waals surface area contributed by atoms with E-state index in [0.717, 1.165) is 5.39 Å². The number of rotatable bonds is 2. The highest BCUT2D eigenvalue weighted by atomic mass is 16.5. The number of carbonyl (C=O) groups excluding carboxylic acids is 1. The Kier molecular flexibility index (Phi) is 3.28. The smallest absolute Gasteiger partial charge is 0.342 e. The molecule has 2 aromatic rings. The van der Waals surface area contributed by atoms with Crippen LogP contribution in [0.3, 0.4) is 0 Å². The Bertz CT molecular complexity index is 705. The van der Waals surface area contributed by atoms with Crippen molar-refractivity contribution in [3.63, 3.8) is 0 Å². The summed E-state index contributed by atoms with van der Waals surface area (Å²) in [7, 11) is 0. The number of fused-ring (bicyclic) bond motifs is 1. The Morgan fingerprint density at radius 1 is 1.42 bits per heavy atom. The molecule has 100 valence electrons. The highest BCUT2D eigenvalue weighted by molar-refractivity contribution is 5.94. The number of aromatic nitrogens is 1. The Balaban J connectivity index is 2.80.